The van der Waals surface area contributed by atoms with Crippen LogP contribution in [0.2, 0.25) is 0 Å². The van der Waals surface area contributed by atoms with Gasteiger partial charge in [-0.15, -0.1) is 0 Å². The molecular weight excluding hydrogens is 272 g/mol. The maximum atomic E-state index is 5.02. The normalized spacial score (nSPS) is 11.6. The number of aliphatic imine (C=N–C) groups is 1. The third kappa shape index (κ3) is 3.44. The van der Waals surface area contributed by atoms with Crippen molar-refractivity contribution in [2.24, 2.45) is 4.99 Å². The molecule has 0 aliphatic carbocycles. The molecule has 0 aliphatic heterocycles. The third-order valence-electron chi connectivity index (χ3n) is 2.82. The Morgan fingerprint density at radius 2 is 2.05 bits per heavy atom. The predicted molar refractivity (Wildman–Crippen MR) is 83.4 cm³/mol. The van der Waals surface area contributed by atoms with E-state index in [4.69, 9.17) is 16.7 Å². The van der Waals surface area contributed by atoms with Gasteiger partial charge in [0.05, 0.1) is 5.16 Å². The van der Waals surface area contributed by atoms with Gasteiger partial charge in [0.25, 0.3) is 0 Å². The Morgan fingerprint density at radius 3 is 2.55 bits per heavy atom. The Bertz CT molecular complexity index is 614. The molecule has 6 heteroatoms. The van der Waals surface area contributed by atoms with Crippen LogP contribution in [-0.4, -0.2) is 24.4 Å². The van der Waals surface area contributed by atoms with Gasteiger partial charge in [0, 0.05) is 25.8 Å². The molecule has 1 heterocycles. The molecule has 1 atom stereocenters. The summed E-state index contributed by atoms with van der Waals surface area (Å²) in [6, 6.07) is 9.85. The highest BCUT2D eigenvalue weighted by molar-refractivity contribution is 7.78. The topological polar surface area (TPSA) is 53.7 Å². The third-order valence-corrected chi connectivity index (χ3v) is 2.93. The zero-order valence-electron chi connectivity index (χ0n) is 11.6. The highest BCUT2D eigenvalue weighted by Gasteiger charge is 2.12. The first-order chi connectivity index (χ1) is 9.60. The predicted octanol–water partition coefficient (Wildman–Crippen LogP) is 3.26. The molecule has 20 heavy (non-hydrogen) atoms. The van der Waals surface area contributed by atoms with Crippen LogP contribution in [-0.2, 0) is 0 Å². The van der Waals surface area contributed by atoms with Crippen LogP contribution in [0.25, 0.3) is 0 Å². The fourth-order valence-corrected chi connectivity index (χ4v) is 1.88. The number of thiocarbonyl (C=S) groups is 1. The van der Waals surface area contributed by atoms with Crippen LogP contribution in [0.4, 0.5) is 11.5 Å². The molecule has 1 aromatic heterocycles. The zero-order chi connectivity index (χ0) is 14.5. The highest BCUT2D eigenvalue weighted by atomic mass is 32.1. The molecule has 5 nitrogen and oxygen atoms in total. The summed E-state index contributed by atoms with van der Waals surface area (Å²) in [5.41, 5.74) is 2.10. The van der Waals surface area contributed by atoms with Gasteiger partial charge < -0.3 is 14.7 Å². The molecule has 0 spiro atoms. The average Bonchev–Trinajstić information content (AvgIpc) is 2.84. The summed E-state index contributed by atoms with van der Waals surface area (Å²) in [5.74, 6) is 1.36. The van der Waals surface area contributed by atoms with Crippen LogP contribution in [0.15, 0.2) is 39.8 Å². The van der Waals surface area contributed by atoms with Crippen molar-refractivity contribution in [2.45, 2.75) is 13.1 Å². The minimum absolute atomic E-state index is 0.326. The number of hydrogen-bond donors (Lipinski definition) is 1. The van der Waals surface area contributed by atoms with Gasteiger partial charge in [-0.25, -0.2) is 4.99 Å². The van der Waals surface area contributed by atoms with Crippen molar-refractivity contribution in [2.75, 3.05) is 24.3 Å². The average molecular weight is 288 g/mol. The molecule has 2 aromatic rings. The fraction of sp³-hybridized carbons (Fsp3) is 0.286. The summed E-state index contributed by atoms with van der Waals surface area (Å²) in [7, 11) is 4.00. The molecule has 2 rings (SSSR count). The lowest BCUT2D eigenvalue weighted by Gasteiger charge is -2.16. The maximum absolute atomic E-state index is 5.02. The summed E-state index contributed by atoms with van der Waals surface area (Å²) in [6.45, 7) is 1.83. The molecule has 0 saturated carbocycles. The van der Waals surface area contributed by atoms with E-state index in [0.717, 1.165) is 17.0 Å². The molecule has 1 unspecified atom stereocenters. The van der Waals surface area contributed by atoms with Gasteiger partial charge in [-0.3, -0.25) is 0 Å². The molecule has 0 saturated heterocycles. The first-order valence-corrected chi connectivity index (χ1v) is 6.55. The van der Waals surface area contributed by atoms with Crippen LogP contribution < -0.4 is 10.2 Å². The number of nitrogens with zero attached hydrogens (tertiary/aromatic N) is 3. The largest absolute Gasteiger partial charge is 0.378 e. The summed E-state index contributed by atoms with van der Waals surface area (Å²) >= 11 is 4.71. The second-order valence-electron chi connectivity index (χ2n) is 4.58. The smallest absolute Gasteiger partial charge is 0.171 e. The molecule has 0 bridgehead atoms. The van der Waals surface area contributed by atoms with Crippen LogP contribution >= 0.6 is 12.2 Å². The SMILES string of the molecule is Cc1cc(NC(N=C=S)c2ccc(N(C)C)cc2)no1. The van der Waals surface area contributed by atoms with Gasteiger partial charge in [0.2, 0.25) is 0 Å². The molecule has 0 aliphatic rings. The maximum Gasteiger partial charge on any atom is 0.171 e. The Kier molecular flexibility index (Phi) is 4.50. The monoisotopic (exact) mass is 288 g/mol. The quantitative estimate of drug-likeness (QED) is 0.676. The summed E-state index contributed by atoms with van der Waals surface area (Å²) in [6.07, 6.45) is -0.326. The van der Waals surface area contributed by atoms with E-state index in [2.05, 4.69) is 20.6 Å². The minimum Gasteiger partial charge on any atom is -0.378 e. The molecular formula is C14H16N4OS. The van der Waals surface area contributed by atoms with Crippen LogP contribution in [0.1, 0.15) is 17.5 Å². The number of aryl methyl sites for hydroxylation is 1. The molecule has 0 amide bonds. The van der Waals surface area contributed by atoms with E-state index in [1.807, 2.05) is 50.2 Å². The lowest BCUT2D eigenvalue weighted by molar-refractivity contribution is 0.399. The van der Waals surface area contributed by atoms with Crippen molar-refractivity contribution >= 4 is 28.9 Å². The number of nitrogens with one attached hydrogen (secondary N) is 1. The van der Waals surface area contributed by atoms with Gasteiger partial charge >= 0.3 is 0 Å². The van der Waals surface area contributed by atoms with Crippen molar-refractivity contribution in [3.8, 4) is 0 Å². The van der Waals surface area contributed by atoms with Crippen molar-refractivity contribution in [1.82, 2.24) is 5.16 Å². The van der Waals surface area contributed by atoms with Gasteiger partial charge in [-0.2, -0.15) is 0 Å². The van der Waals surface area contributed by atoms with Gasteiger partial charge in [-0.1, -0.05) is 17.3 Å². The Balaban J connectivity index is 2.21. The first kappa shape index (κ1) is 14.2. The Morgan fingerprint density at radius 1 is 1.35 bits per heavy atom. The summed E-state index contributed by atoms with van der Waals surface area (Å²) < 4.78 is 5.02. The van der Waals surface area contributed by atoms with Gasteiger partial charge in [0.15, 0.2) is 12.0 Å². The fourth-order valence-electron chi connectivity index (χ4n) is 1.77. The second kappa shape index (κ2) is 6.32. The van der Waals surface area contributed by atoms with Gasteiger partial charge in [0.1, 0.15) is 5.76 Å². The number of aromatic nitrogens is 1. The van der Waals surface area contributed by atoms with Crippen LogP contribution in [0.5, 0.6) is 0 Å². The molecule has 1 aromatic carbocycles. The lowest BCUT2D eigenvalue weighted by atomic mass is 10.1. The lowest BCUT2D eigenvalue weighted by Crippen LogP contribution is -2.10. The first-order valence-electron chi connectivity index (χ1n) is 6.14. The van der Waals surface area contributed by atoms with E-state index in [1.54, 1.807) is 6.07 Å². The van der Waals surface area contributed by atoms with E-state index in [0.29, 0.717) is 5.82 Å². The molecule has 0 fully saturated rings. The van der Waals surface area contributed by atoms with E-state index in [-0.39, 0.29) is 6.17 Å². The highest BCUT2D eigenvalue weighted by Crippen LogP contribution is 2.22. The zero-order valence-corrected chi connectivity index (χ0v) is 12.4. The summed E-state index contributed by atoms with van der Waals surface area (Å²) in [5, 5.41) is 9.45. The Labute approximate surface area is 123 Å². The van der Waals surface area contributed by atoms with Crippen LogP contribution in [0, 0.1) is 6.92 Å². The van der Waals surface area contributed by atoms with Crippen molar-refractivity contribution < 1.29 is 4.52 Å². The number of benzene rings is 1. The number of hydrogen-bond acceptors (Lipinski definition) is 6. The standard InChI is InChI=1S/C14H16N4OS/c1-10-8-13(17-19-10)16-14(15-9-20)11-4-6-12(7-5-11)18(2)3/h4-8,14H,1-3H3,(H,16,17). The van der Waals surface area contributed by atoms with E-state index in [9.17, 15) is 0 Å². The Hall–Kier alpha value is -2.17. The number of rotatable bonds is 5. The van der Waals surface area contributed by atoms with E-state index >= 15 is 0 Å². The van der Waals surface area contributed by atoms with Crippen LogP contribution in [0.3, 0.4) is 0 Å². The van der Waals surface area contributed by atoms with Crippen molar-refractivity contribution in [1.29, 1.82) is 0 Å². The van der Waals surface area contributed by atoms with E-state index < -0.39 is 0 Å². The molecule has 104 valence electrons. The van der Waals surface area contributed by atoms with E-state index in [1.165, 1.54) is 0 Å². The van der Waals surface area contributed by atoms with Gasteiger partial charge in [-0.05, 0) is 36.8 Å². The molecule has 0 radical (unpaired) electrons. The second-order valence-corrected chi connectivity index (χ2v) is 4.76. The number of anilines is 2. The van der Waals surface area contributed by atoms with Crippen molar-refractivity contribution in [3.05, 3.63) is 41.7 Å². The summed E-state index contributed by atoms with van der Waals surface area (Å²) in [4.78, 5) is 6.17. The minimum atomic E-state index is -0.326. The number of isothiocyanates is 1. The van der Waals surface area contributed by atoms with Crippen molar-refractivity contribution in [3.63, 3.8) is 0 Å². The molecule has 1 N–H and O–H groups in total.